The zero-order valence-corrected chi connectivity index (χ0v) is 17.2. The number of hydrogen-bond acceptors (Lipinski definition) is 6. The van der Waals surface area contributed by atoms with Crippen LogP contribution in [0.15, 0.2) is 67.1 Å². The largest absolute Gasteiger partial charge is 0.508 e. The number of pyridine rings is 1. The third-order valence-corrected chi connectivity index (χ3v) is 4.98. The number of aliphatic hydroxyl groups is 1. The van der Waals surface area contributed by atoms with E-state index >= 15 is 8.78 Å². The van der Waals surface area contributed by atoms with Gasteiger partial charge in [-0.25, -0.2) is 13.5 Å². The van der Waals surface area contributed by atoms with Crippen LogP contribution in [0.2, 0.25) is 0 Å². The Morgan fingerprint density at radius 2 is 1.65 bits per heavy atom. The molecule has 0 radical (unpaired) electrons. The molecular formula is C23H15F4N5O2. The topological polar surface area (TPSA) is 97.0 Å². The standard InChI is InChI=1S/C23H15F4N5O2/c24-17-6-9-19(20(25)11-17)22(34,13-32-14-29-30-31-32)23(26,27)21-10-5-16(12-28-21)2-1-15-3-7-18(33)8-4-15/h3-12,14,33-34H,13H2/t22-/m0/s1. The summed E-state index contributed by atoms with van der Waals surface area (Å²) in [6.07, 6.45) is 2.05. The molecule has 0 saturated heterocycles. The third-order valence-electron chi connectivity index (χ3n) is 4.98. The fourth-order valence-corrected chi connectivity index (χ4v) is 3.22. The van der Waals surface area contributed by atoms with Crippen molar-refractivity contribution in [1.29, 1.82) is 0 Å². The third kappa shape index (κ3) is 4.44. The van der Waals surface area contributed by atoms with Crippen molar-refractivity contribution in [3.8, 4) is 17.6 Å². The van der Waals surface area contributed by atoms with Gasteiger partial charge >= 0.3 is 5.92 Å². The van der Waals surface area contributed by atoms with Gasteiger partial charge in [-0.1, -0.05) is 11.8 Å². The van der Waals surface area contributed by atoms with E-state index in [1.54, 1.807) is 12.1 Å². The Morgan fingerprint density at radius 3 is 2.26 bits per heavy atom. The van der Waals surface area contributed by atoms with Gasteiger partial charge < -0.3 is 10.2 Å². The second-order valence-electron chi connectivity index (χ2n) is 7.30. The molecule has 0 bridgehead atoms. The van der Waals surface area contributed by atoms with Crippen molar-refractivity contribution in [3.05, 3.63) is 101 Å². The fourth-order valence-electron chi connectivity index (χ4n) is 3.22. The van der Waals surface area contributed by atoms with Crippen molar-refractivity contribution in [3.63, 3.8) is 0 Å². The molecule has 172 valence electrons. The normalized spacial score (nSPS) is 13.1. The molecule has 0 spiro atoms. The second-order valence-corrected chi connectivity index (χ2v) is 7.30. The summed E-state index contributed by atoms with van der Waals surface area (Å²) in [5, 5.41) is 30.6. The number of benzene rings is 2. The average molecular weight is 469 g/mol. The Morgan fingerprint density at radius 1 is 0.941 bits per heavy atom. The zero-order valence-electron chi connectivity index (χ0n) is 17.2. The first-order valence-electron chi connectivity index (χ1n) is 9.73. The molecule has 0 unspecified atom stereocenters. The van der Waals surface area contributed by atoms with E-state index in [1.165, 1.54) is 18.2 Å². The number of phenols is 1. The highest BCUT2D eigenvalue weighted by Gasteiger charge is 2.57. The summed E-state index contributed by atoms with van der Waals surface area (Å²) in [6.45, 7) is -0.945. The van der Waals surface area contributed by atoms with Crippen LogP contribution in [0.1, 0.15) is 22.4 Å². The van der Waals surface area contributed by atoms with Crippen LogP contribution >= 0.6 is 0 Å². The minimum absolute atomic E-state index is 0.0746. The minimum Gasteiger partial charge on any atom is -0.508 e. The van der Waals surface area contributed by atoms with Gasteiger partial charge in [0.15, 0.2) is 5.60 Å². The van der Waals surface area contributed by atoms with Gasteiger partial charge in [0.1, 0.15) is 29.4 Å². The van der Waals surface area contributed by atoms with E-state index in [4.69, 9.17) is 0 Å². The van der Waals surface area contributed by atoms with Gasteiger partial charge in [-0.05, 0) is 59.0 Å². The van der Waals surface area contributed by atoms with E-state index in [0.717, 1.165) is 35.4 Å². The lowest BCUT2D eigenvalue weighted by atomic mass is 9.84. The number of hydrogen-bond donors (Lipinski definition) is 2. The lowest BCUT2D eigenvalue weighted by molar-refractivity contribution is -0.207. The molecule has 11 heteroatoms. The number of rotatable bonds is 5. The summed E-state index contributed by atoms with van der Waals surface area (Å²) < 4.78 is 60.1. The minimum atomic E-state index is -4.15. The van der Waals surface area contributed by atoms with E-state index in [-0.39, 0.29) is 5.75 Å². The van der Waals surface area contributed by atoms with E-state index in [9.17, 15) is 19.0 Å². The molecule has 0 aliphatic rings. The van der Waals surface area contributed by atoms with E-state index in [0.29, 0.717) is 17.2 Å². The Labute approximate surface area is 190 Å². The molecule has 0 aliphatic heterocycles. The number of aromatic nitrogens is 5. The number of alkyl halides is 2. The molecular weight excluding hydrogens is 454 g/mol. The second kappa shape index (κ2) is 8.92. The van der Waals surface area contributed by atoms with Crippen LogP contribution in [0.5, 0.6) is 5.75 Å². The maximum atomic E-state index is 15.7. The van der Waals surface area contributed by atoms with Crippen LogP contribution in [-0.4, -0.2) is 35.4 Å². The van der Waals surface area contributed by atoms with Crippen molar-refractivity contribution < 1.29 is 27.8 Å². The number of tetrazole rings is 1. The Hall–Kier alpha value is -4.30. The molecule has 0 fully saturated rings. The van der Waals surface area contributed by atoms with Crippen molar-refractivity contribution >= 4 is 0 Å². The van der Waals surface area contributed by atoms with Crippen LogP contribution in [-0.2, 0) is 18.1 Å². The maximum absolute atomic E-state index is 15.7. The van der Waals surface area contributed by atoms with Crippen molar-refractivity contribution in [2.24, 2.45) is 0 Å². The van der Waals surface area contributed by atoms with Gasteiger partial charge in [-0.3, -0.25) is 4.98 Å². The molecule has 2 aromatic heterocycles. The highest BCUT2D eigenvalue weighted by Crippen LogP contribution is 2.46. The molecule has 1 atom stereocenters. The van der Waals surface area contributed by atoms with Gasteiger partial charge in [-0.2, -0.15) is 8.78 Å². The number of halogens is 4. The summed E-state index contributed by atoms with van der Waals surface area (Å²) >= 11 is 0. The van der Waals surface area contributed by atoms with E-state index < -0.39 is 41.0 Å². The molecule has 0 amide bonds. The molecule has 0 aliphatic carbocycles. The predicted molar refractivity (Wildman–Crippen MR) is 110 cm³/mol. The van der Waals surface area contributed by atoms with Crippen molar-refractivity contribution in [2.45, 2.75) is 18.1 Å². The molecule has 4 aromatic rings. The smallest absolute Gasteiger partial charge is 0.323 e. The highest BCUT2D eigenvalue weighted by atomic mass is 19.3. The first kappa shape index (κ1) is 22.9. The van der Waals surface area contributed by atoms with Gasteiger partial charge in [0, 0.05) is 29.0 Å². The van der Waals surface area contributed by atoms with Gasteiger partial charge in [0.05, 0.1) is 6.54 Å². The number of aromatic hydroxyl groups is 1. The van der Waals surface area contributed by atoms with Crippen LogP contribution in [0.3, 0.4) is 0 Å². The quantitative estimate of drug-likeness (QED) is 0.344. The summed E-state index contributed by atoms with van der Waals surface area (Å²) in [5.74, 6) is -0.899. The zero-order chi connectivity index (χ0) is 24.3. The molecule has 7 nitrogen and oxygen atoms in total. The Balaban J connectivity index is 1.71. The van der Waals surface area contributed by atoms with Crippen LogP contribution in [0, 0.1) is 23.5 Å². The molecule has 0 saturated carbocycles. The first-order valence-corrected chi connectivity index (χ1v) is 9.73. The van der Waals surface area contributed by atoms with Gasteiger partial charge in [0.25, 0.3) is 0 Å². The Kier molecular flexibility index (Phi) is 6.00. The SMILES string of the molecule is Oc1ccc(C#Cc2ccc(C(F)(F)[C@](O)(Cn3cnnn3)c3ccc(F)cc3F)nc2)cc1. The van der Waals surface area contributed by atoms with Crippen molar-refractivity contribution in [1.82, 2.24) is 25.2 Å². The summed E-state index contributed by atoms with van der Waals surface area (Å²) in [7, 11) is 0. The first-order chi connectivity index (χ1) is 16.2. The molecule has 34 heavy (non-hydrogen) atoms. The monoisotopic (exact) mass is 469 g/mol. The maximum Gasteiger partial charge on any atom is 0.323 e. The van der Waals surface area contributed by atoms with Gasteiger partial charge in [0.2, 0.25) is 0 Å². The van der Waals surface area contributed by atoms with Gasteiger partial charge in [-0.15, -0.1) is 5.10 Å². The van der Waals surface area contributed by atoms with E-state index in [2.05, 4.69) is 32.4 Å². The summed E-state index contributed by atoms with van der Waals surface area (Å²) in [5.41, 5.74) is -4.07. The predicted octanol–water partition coefficient (Wildman–Crippen LogP) is 3.13. The fraction of sp³-hybridized carbons (Fsp3) is 0.130. The van der Waals surface area contributed by atoms with Crippen molar-refractivity contribution in [2.75, 3.05) is 0 Å². The lowest BCUT2D eigenvalue weighted by Gasteiger charge is -2.35. The number of nitrogens with zero attached hydrogens (tertiary/aromatic N) is 5. The summed E-state index contributed by atoms with van der Waals surface area (Å²) in [4.78, 5) is 3.73. The molecule has 4 rings (SSSR count). The molecule has 2 N–H and O–H groups in total. The Bertz CT molecular complexity index is 1350. The van der Waals surface area contributed by atoms with Crippen LogP contribution in [0.25, 0.3) is 0 Å². The molecule has 2 aromatic carbocycles. The van der Waals surface area contributed by atoms with Crippen LogP contribution < -0.4 is 0 Å². The highest BCUT2D eigenvalue weighted by molar-refractivity contribution is 5.44. The average Bonchev–Trinajstić information content (AvgIpc) is 3.31. The molecule has 2 heterocycles. The van der Waals surface area contributed by atoms with E-state index in [1.807, 2.05) is 0 Å². The van der Waals surface area contributed by atoms with Crippen LogP contribution in [0.4, 0.5) is 17.6 Å². The summed E-state index contributed by atoms with van der Waals surface area (Å²) in [6, 6.07) is 10.2. The number of phenolic OH excluding ortho intramolecular Hbond substituents is 1. The lowest BCUT2D eigenvalue weighted by Crippen LogP contribution is -2.48.